The second kappa shape index (κ2) is 7.27. The van der Waals surface area contributed by atoms with Crippen LogP contribution < -0.4 is 4.74 Å². The van der Waals surface area contributed by atoms with Gasteiger partial charge in [-0.3, -0.25) is 9.69 Å². The van der Waals surface area contributed by atoms with E-state index in [1.165, 1.54) is 0 Å². The van der Waals surface area contributed by atoms with Crippen molar-refractivity contribution in [2.24, 2.45) is 5.92 Å². The van der Waals surface area contributed by atoms with Crippen molar-refractivity contribution in [1.82, 2.24) is 4.90 Å². The molecular formula is C16H22BrNO3. The van der Waals surface area contributed by atoms with Crippen molar-refractivity contribution in [2.75, 3.05) is 13.7 Å². The number of hydrogen-bond acceptors (Lipinski definition) is 3. The van der Waals surface area contributed by atoms with Gasteiger partial charge in [0.2, 0.25) is 0 Å². The van der Waals surface area contributed by atoms with Crippen molar-refractivity contribution in [1.29, 1.82) is 0 Å². The number of piperidine rings is 1. The highest BCUT2D eigenvalue weighted by molar-refractivity contribution is 9.10. The van der Waals surface area contributed by atoms with E-state index in [9.17, 15) is 9.90 Å². The zero-order valence-electron chi connectivity index (χ0n) is 12.5. The molecular weight excluding hydrogens is 334 g/mol. The smallest absolute Gasteiger partial charge is 0.320 e. The number of likely N-dealkylation sites (tertiary alicyclic amines) is 1. The van der Waals surface area contributed by atoms with E-state index < -0.39 is 5.97 Å². The van der Waals surface area contributed by atoms with Gasteiger partial charge in [0.25, 0.3) is 0 Å². The first-order valence-electron chi connectivity index (χ1n) is 7.34. The second-order valence-corrected chi connectivity index (χ2v) is 6.45. The van der Waals surface area contributed by atoms with E-state index in [1.54, 1.807) is 7.11 Å². The first-order valence-corrected chi connectivity index (χ1v) is 8.13. The largest absolute Gasteiger partial charge is 0.496 e. The standard InChI is InChI=1S/C16H22BrNO3/c1-3-11-6-7-18(14(9-11)16(19)20)10-12-4-5-15(21-2)13(17)8-12/h4-5,8,11,14H,3,6-7,9-10H2,1-2H3,(H,19,20). The molecule has 1 saturated heterocycles. The molecule has 0 amide bonds. The Morgan fingerprint density at radius 2 is 2.29 bits per heavy atom. The van der Waals surface area contributed by atoms with Gasteiger partial charge < -0.3 is 9.84 Å². The Labute approximate surface area is 134 Å². The summed E-state index contributed by atoms with van der Waals surface area (Å²) in [6, 6.07) is 5.54. The van der Waals surface area contributed by atoms with Gasteiger partial charge in [-0.15, -0.1) is 0 Å². The molecule has 0 aliphatic carbocycles. The SMILES string of the molecule is CCC1CCN(Cc2ccc(OC)c(Br)c2)C(C(=O)O)C1. The molecule has 21 heavy (non-hydrogen) atoms. The first kappa shape index (κ1) is 16.3. The summed E-state index contributed by atoms with van der Waals surface area (Å²) in [6.07, 6.45) is 2.90. The van der Waals surface area contributed by atoms with Crippen LogP contribution >= 0.6 is 15.9 Å². The first-order chi connectivity index (χ1) is 10.0. The quantitative estimate of drug-likeness (QED) is 0.877. The highest BCUT2D eigenvalue weighted by Crippen LogP contribution is 2.29. The number of nitrogens with zero attached hydrogens (tertiary/aromatic N) is 1. The number of carboxylic acid groups (broad SMARTS) is 1. The van der Waals surface area contributed by atoms with Crippen molar-refractivity contribution >= 4 is 21.9 Å². The predicted octanol–water partition coefficient (Wildman–Crippen LogP) is 3.53. The molecule has 1 aromatic carbocycles. The van der Waals surface area contributed by atoms with Gasteiger partial charge in [0.15, 0.2) is 0 Å². The number of aliphatic carboxylic acids is 1. The molecule has 0 saturated carbocycles. The Hall–Kier alpha value is -1.07. The Kier molecular flexibility index (Phi) is 5.65. The lowest BCUT2D eigenvalue weighted by atomic mass is 9.88. The van der Waals surface area contributed by atoms with Crippen LogP contribution in [-0.2, 0) is 11.3 Å². The van der Waals surface area contributed by atoms with Gasteiger partial charge in [-0.25, -0.2) is 0 Å². The minimum atomic E-state index is -0.708. The number of carboxylic acids is 1. The number of halogens is 1. The molecule has 5 heteroatoms. The average Bonchev–Trinajstić information content (AvgIpc) is 2.47. The Bertz CT molecular complexity index is 506. The van der Waals surface area contributed by atoms with Crippen molar-refractivity contribution in [3.05, 3.63) is 28.2 Å². The third kappa shape index (κ3) is 3.98. The van der Waals surface area contributed by atoms with Gasteiger partial charge in [0.1, 0.15) is 11.8 Å². The monoisotopic (exact) mass is 355 g/mol. The molecule has 0 aromatic heterocycles. The summed E-state index contributed by atoms with van der Waals surface area (Å²) in [4.78, 5) is 13.6. The van der Waals surface area contributed by atoms with Gasteiger partial charge in [-0.05, 0) is 58.9 Å². The topological polar surface area (TPSA) is 49.8 Å². The van der Waals surface area contributed by atoms with Crippen LogP contribution in [0.25, 0.3) is 0 Å². The van der Waals surface area contributed by atoms with Gasteiger partial charge >= 0.3 is 5.97 Å². The molecule has 0 radical (unpaired) electrons. The van der Waals surface area contributed by atoms with Crippen LogP contribution in [-0.4, -0.2) is 35.7 Å². The Balaban J connectivity index is 2.10. The summed E-state index contributed by atoms with van der Waals surface area (Å²) in [5.74, 6) is 0.615. The van der Waals surface area contributed by atoms with Crippen LogP contribution in [0.15, 0.2) is 22.7 Å². The highest BCUT2D eigenvalue weighted by Gasteiger charge is 2.32. The highest BCUT2D eigenvalue weighted by atomic mass is 79.9. The summed E-state index contributed by atoms with van der Waals surface area (Å²) in [7, 11) is 1.63. The molecule has 1 aliphatic heterocycles. The lowest BCUT2D eigenvalue weighted by molar-refractivity contribution is -0.145. The minimum absolute atomic E-state index is 0.371. The van der Waals surface area contributed by atoms with Crippen LogP contribution in [0.5, 0.6) is 5.75 Å². The van der Waals surface area contributed by atoms with Crippen LogP contribution in [0.1, 0.15) is 31.7 Å². The van der Waals surface area contributed by atoms with Crippen LogP contribution in [0, 0.1) is 5.92 Å². The number of benzene rings is 1. The van der Waals surface area contributed by atoms with Crippen molar-refractivity contribution in [2.45, 2.75) is 38.8 Å². The number of carbonyl (C=O) groups is 1. The number of methoxy groups -OCH3 is 1. The molecule has 1 aromatic rings. The van der Waals surface area contributed by atoms with E-state index in [1.807, 2.05) is 18.2 Å². The number of hydrogen-bond donors (Lipinski definition) is 1. The fraction of sp³-hybridized carbons (Fsp3) is 0.562. The van der Waals surface area contributed by atoms with Crippen molar-refractivity contribution in [3.8, 4) is 5.75 Å². The fourth-order valence-corrected chi connectivity index (χ4v) is 3.53. The summed E-state index contributed by atoms with van der Waals surface area (Å²) >= 11 is 3.48. The zero-order valence-corrected chi connectivity index (χ0v) is 14.1. The van der Waals surface area contributed by atoms with Gasteiger partial charge in [-0.2, -0.15) is 0 Å². The van der Waals surface area contributed by atoms with Gasteiger partial charge in [0, 0.05) is 6.54 Å². The van der Waals surface area contributed by atoms with E-state index in [0.717, 1.165) is 41.6 Å². The number of ether oxygens (including phenoxy) is 1. The summed E-state index contributed by atoms with van der Waals surface area (Å²) < 4.78 is 6.12. The molecule has 1 aliphatic rings. The van der Waals surface area contributed by atoms with E-state index >= 15 is 0 Å². The molecule has 0 spiro atoms. The second-order valence-electron chi connectivity index (χ2n) is 5.59. The Morgan fingerprint density at radius 1 is 1.52 bits per heavy atom. The van der Waals surface area contributed by atoms with E-state index in [0.29, 0.717) is 12.5 Å². The van der Waals surface area contributed by atoms with Crippen LogP contribution in [0.4, 0.5) is 0 Å². The van der Waals surface area contributed by atoms with E-state index in [-0.39, 0.29) is 6.04 Å². The van der Waals surface area contributed by atoms with E-state index in [4.69, 9.17) is 4.74 Å². The maximum absolute atomic E-state index is 11.5. The van der Waals surface area contributed by atoms with E-state index in [2.05, 4.69) is 27.8 Å². The van der Waals surface area contributed by atoms with Gasteiger partial charge in [0.05, 0.1) is 11.6 Å². The van der Waals surface area contributed by atoms with Crippen LogP contribution in [0.2, 0.25) is 0 Å². The normalized spacial score (nSPS) is 23.0. The molecule has 1 fully saturated rings. The summed E-state index contributed by atoms with van der Waals surface area (Å²) in [6.45, 7) is 3.65. The maximum Gasteiger partial charge on any atom is 0.320 e. The predicted molar refractivity (Wildman–Crippen MR) is 85.5 cm³/mol. The average molecular weight is 356 g/mol. The van der Waals surface area contributed by atoms with Crippen LogP contribution in [0.3, 0.4) is 0 Å². The zero-order chi connectivity index (χ0) is 15.4. The van der Waals surface area contributed by atoms with Crippen molar-refractivity contribution in [3.63, 3.8) is 0 Å². The molecule has 1 heterocycles. The Morgan fingerprint density at radius 3 is 2.86 bits per heavy atom. The molecule has 116 valence electrons. The molecule has 2 atom stereocenters. The molecule has 2 unspecified atom stereocenters. The third-order valence-electron chi connectivity index (χ3n) is 4.29. The number of rotatable bonds is 5. The maximum atomic E-state index is 11.5. The minimum Gasteiger partial charge on any atom is -0.496 e. The summed E-state index contributed by atoms with van der Waals surface area (Å²) in [5.41, 5.74) is 1.10. The lowest BCUT2D eigenvalue weighted by Gasteiger charge is -2.37. The third-order valence-corrected chi connectivity index (χ3v) is 4.91. The fourth-order valence-electron chi connectivity index (χ4n) is 2.95. The molecule has 2 rings (SSSR count). The summed E-state index contributed by atoms with van der Waals surface area (Å²) in [5, 5.41) is 9.47. The molecule has 0 bridgehead atoms. The molecule has 4 nitrogen and oxygen atoms in total. The lowest BCUT2D eigenvalue weighted by Crippen LogP contribution is -2.46. The van der Waals surface area contributed by atoms with Gasteiger partial charge in [-0.1, -0.05) is 19.4 Å². The van der Waals surface area contributed by atoms with Crippen molar-refractivity contribution < 1.29 is 14.6 Å². The molecule has 1 N–H and O–H groups in total.